The van der Waals surface area contributed by atoms with Crippen molar-refractivity contribution in [2.45, 2.75) is 58.3 Å². The first-order valence-electron chi connectivity index (χ1n) is 6.62. The fourth-order valence-corrected chi connectivity index (χ4v) is 2.97. The van der Waals surface area contributed by atoms with Crippen molar-refractivity contribution in [2.24, 2.45) is 0 Å². The molecule has 0 amide bonds. The van der Waals surface area contributed by atoms with Crippen LogP contribution in [-0.4, -0.2) is 0 Å². The van der Waals surface area contributed by atoms with Crippen LogP contribution in [0.1, 0.15) is 61.6 Å². The number of hydrogen-bond acceptors (Lipinski definition) is 1. The maximum Gasteiger partial charge on any atom is 0.0379 e. The van der Waals surface area contributed by atoms with Gasteiger partial charge in [-0.3, -0.25) is 0 Å². The fraction of sp³-hybridized carbons (Fsp3) is 0.600. The van der Waals surface area contributed by atoms with Gasteiger partial charge >= 0.3 is 0 Å². The molecular weight excluding hydrogens is 194 g/mol. The predicted molar refractivity (Wildman–Crippen MR) is 70.8 cm³/mol. The van der Waals surface area contributed by atoms with Crippen LogP contribution in [0.4, 0.5) is 5.69 Å². The van der Waals surface area contributed by atoms with Gasteiger partial charge in [0.05, 0.1) is 0 Å². The van der Waals surface area contributed by atoms with Gasteiger partial charge in [-0.05, 0) is 48.8 Å². The SMILES string of the molecule is CCc1ccc(C2CCCCC2)c(C)c1N. The van der Waals surface area contributed by atoms with Crippen molar-refractivity contribution in [3.05, 3.63) is 28.8 Å². The Labute approximate surface area is 99.0 Å². The number of benzene rings is 1. The summed E-state index contributed by atoms with van der Waals surface area (Å²) in [6.45, 7) is 4.36. The van der Waals surface area contributed by atoms with E-state index < -0.39 is 0 Å². The zero-order valence-corrected chi connectivity index (χ0v) is 10.6. The summed E-state index contributed by atoms with van der Waals surface area (Å²) in [5, 5.41) is 0. The fourth-order valence-electron chi connectivity index (χ4n) is 2.97. The van der Waals surface area contributed by atoms with Gasteiger partial charge in [-0.1, -0.05) is 38.3 Å². The average Bonchev–Trinajstić information content (AvgIpc) is 2.34. The molecule has 1 aromatic rings. The van der Waals surface area contributed by atoms with Crippen molar-refractivity contribution in [2.75, 3.05) is 5.73 Å². The lowest BCUT2D eigenvalue weighted by Gasteiger charge is -2.25. The number of hydrogen-bond donors (Lipinski definition) is 1. The molecule has 0 spiro atoms. The first-order chi connectivity index (χ1) is 7.74. The minimum absolute atomic E-state index is 0.766. The highest BCUT2D eigenvalue weighted by atomic mass is 14.6. The molecule has 0 saturated heterocycles. The zero-order valence-electron chi connectivity index (χ0n) is 10.6. The van der Waals surface area contributed by atoms with Crippen molar-refractivity contribution in [1.82, 2.24) is 0 Å². The largest absolute Gasteiger partial charge is 0.398 e. The lowest BCUT2D eigenvalue weighted by atomic mass is 9.81. The number of nitrogens with two attached hydrogens (primary N) is 1. The van der Waals surface area contributed by atoms with Gasteiger partial charge in [0.2, 0.25) is 0 Å². The summed E-state index contributed by atoms with van der Waals surface area (Å²) >= 11 is 0. The van der Waals surface area contributed by atoms with Gasteiger partial charge < -0.3 is 5.73 Å². The maximum absolute atomic E-state index is 6.20. The molecule has 0 aromatic heterocycles. The minimum atomic E-state index is 0.766. The number of aryl methyl sites for hydroxylation is 1. The van der Waals surface area contributed by atoms with E-state index >= 15 is 0 Å². The molecule has 0 radical (unpaired) electrons. The summed E-state index contributed by atoms with van der Waals surface area (Å²) in [5.74, 6) is 0.766. The van der Waals surface area contributed by atoms with Crippen LogP contribution < -0.4 is 5.73 Å². The quantitative estimate of drug-likeness (QED) is 0.739. The molecule has 0 atom stereocenters. The lowest BCUT2D eigenvalue weighted by Crippen LogP contribution is -2.08. The molecule has 1 nitrogen and oxygen atoms in total. The molecule has 1 heteroatoms. The molecule has 0 heterocycles. The molecule has 88 valence electrons. The third-order valence-electron chi connectivity index (χ3n) is 4.07. The lowest BCUT2D eigenvalue weighted by molar-refractivity contribution is 0.442. The Balaban J connectivity index is 2.30. The Hall–Kier alpha value is -0.980. The van der Waals surface area contributed by atoms with Gasteiger partial charge in [0.25, 0.3) is 0 Å². The molecule has 16 heavy (non-hydrogen) atoms. The van der Waals surface area contributed by atoms with Crippen molar-refractivity contribution < 1.29 is 0 Å². The molecule has 1 aliphatic rings. The van der Waals surface area contributed by atoms with Crippen molar-refractivity contribution in [3.8, 4) is 0 Å². The van der Waals surface area contributed by atoms with Crippen molar-refractivity contribution >= 4 is 5.69 Å². The smallest absolute Gasteiger partial charge is 0.0379 e. The van der Waals surface area contributed by atoms with Gasteiger partial charge in [-0.15, -0.1) is 0 Å². The van der Waals surface area contributed by atoms with Crippen LogP contribution in [0, 0.1) is 6.92 Å². The predicted octanol–water partition coefficient (Wildman–Crippen LogP) is 4.19. The van der Waals surface area contributed by atoms with E-state index in [0.29, 0.717) is 0 Å². The summed E-state index contributed by atoms with van der Waals surface area (Å²) in [6.07, 6.45) is 7.94. The Bertz CT molecular complexity index is 362. The molecule has 2 N–H and O–H groups in total. The second kappa shape index (κ2) is 4.90. The van der Waals surface area contributed by atoms with E-state index in [0.717, 1.165) is 18.0 Å². The normalized spacial score (nSPS) is 17.6. The van der Waals surface area contributed by atoms with Crippen LogP contribution in [0.25, 0.3) is 0 Å². The third-order valence-corrected chi connectivity index (χ3v) is 4.07. The summed E-state index contributed by atoms with van der Waals surface area (Å²) in [5.41, 5.74) is 11.4. The molecule has 1 aliphatic carbocycles. The number of rotatable bonds is 2. The van der Waals surface area contributed by atoms with Crippen LogP contribution in [-0.2, 0) is 6.42 Å². The maximum atomic E-state index is 6.20. The first kappa shape index (κ1) is 11.5. The van der Waals surface area contributed by atoms with Gasteiger partial charge in [0.15, 0.2) is 0 Å². The minimum Gasteiger partial charge on any atom is -0.398 e. The van der Waals surface area contributed by atoms with Crippen LogP contribution in [0.2, 0.25) is 0 Å². The molecule has 0 unspecified atom stereocenters. The Morgan fingerprint density at radius 2 is 1.88 bits per heavy atom. The van der Waals surface area contributed by atoms with Crippen LogP contribution in [0.5, 0.6) is 0 Å². The summed E-state index contributed by atoms with van der Waals surface area (Å²) in [4.78, 5) is 0. The highest BCUT2D eigenvalue weighted by Crippen LogP contribution is 2.36. The van der Waals surface area contributed by atoms with Crippen molar-refractivity contribution in [1.29, 1.82) is 0 Å². The summed E-state index contributed by atoms with van der Waals surface area (Å²) in [6, 6.07) is 4.55. The first-order valence-corrected chi connectivity index (χ1v) is 6.62. The van der Waals surface area contributed by atoms with Gasteiger partial charge in [0, 0.05) is 5.69 Å². The number of anilines is 1. The topological polar surface area (TPSA) is 26.0 Å². The highest BCUT2D eigenvalue weighted by molar-refractivity contribution is 5.57. The van der Waals surface area contributed by atoms with E-state index in [9.17, 15) is 0 Å². The van der Waals surface area contributed by atoms with Crippen LogP contribution in [0.15, 0.2) is 12.1 Å². The molecule has 0 aliphatic heterocycles. The molecule has 1 aromatic carbocycles. The molecule has 1 saturated carbocycles. The molecular formula is C15H23N. The standard InChI is InChI=1S/C15H23N/c1-3-12-9-10-14(11(2)15(12)16)13-7-5-4-6-8-13/h9-10,13H,3-8,16H2,1-2H3. The van der Waals surface area contributed by atoms with E-state index in [-0.39, 0.29) is 0 Å². The Kier molecular flexibility index (Phi) is 3.52. The number of nitrogen functional groups attached to an aromatic ring is 1. The van der Waals surface area contributed by atoms with E-state index in [4.69, 9.17) is 5.73 Å². The summed E-state index contributed by atoms with van der Waals surface area (Å²) < 4.78 is 0. The molecule has 0 bridgehead atoms. The van der Waals surface area contributed by atoms with E-state index in [1.807, 2.05) is 0 Å². The van der Waals surface area contributed by atoms with E-state index in [1.165, 1.54) is 48.8 Å². The van der Waals surface area contributed by atoms with Crippen molar-refractivity contribution in [3.63, 3.8) is 0 Å². The Morgan fingerprint density at radius 1 is 1.19 bits per heavy atom. The second-order valence-electron chi connectivity index (χ2n) is 5.04. The Morgan fingerprint density at radius 3 is 2.50 bits per heavy atom. The zero-order chi connectivity index (χ0) is 11.5. The molecule has 1 fully saturated rings. The van der Waals surface area contributed by atoms with Gasteiger partial charge in [-0.25, -0.2) is 0 Å². The van der Waals surface area contributed by atoms with Gasteiger partial charge in [0.1, 0.15) is 0 Å². The molecule has 2 rings (SSSR count). The summed E-state index contributed by atoms with van der Waals surface area (Å²) in [7, 11) is 0. The van der Waals surface area contributed by atoms with Crippen LogP contribution in [0.3, 0.4) is 0 Å². The van der Waals surface area contributed by atoms with Gasteiger partial charge in [-0.2, -0.15) is 0 Å². The monoisotopic (exact) mass is 217 g/mol. The second-order valence-corrected chi connectivity index (χ2v) is 5.04. The van der Waals surface area contributed by atoms with E-state index in [2.05, 4.69) is 26.0 Å². The average molecular weight is 217 g/mol. The van der Waals surface area contributed by atoms with Crippen LogP contribution >= 0.6 is 0 Å². The highest BCUT2D eigenvalue weighted by Gasteiger charge is 2.18. The third kappa shape index (κ3) is 2.09. The van der Waals surface area contributed by atoms with E-state index in [1.54, 1.807) is 0 Å².